The molecule has 0 spiro atoms. The standard InChI is InChI=1S/C11H11ClFN3O/c1-6-3-4-9(8(13)5-6)14-11-16-15-10(17-11)7(2)12/h3-5,7H,1-2H3,(H,14,16). The monoisotopic (exact) mass is 255 g/mol. The highest BCUT2D eigenvalue weighted by Gasteiger charge is 2.12. The van der Waals surface area contributed by atoms with Crippen molar-refractivity contribution >= 4 is 23.3 Å². The van der Waals surface area contributed by atoms with Gasteiger partial charge < -0.3 is 9.73 Å². The summed E-state index contributed by atoms with van der Waals surface area (Å²) in [6, 6.07) is 4.94. The summed E-state index contributed by atoms with van der Waals surface area (Å²) >= 11 is 5.77. The molecule has 1 unspecified atom stereocenters. The molecule has 0 fully saturated rings. The normalized spacial score (nSPS) is 12.5. The van der Waals surface area contributed by atoms with E-state index in [1.807, 2.05) is 6.92 Å². The van der Waals surface area contributed by atoms with Crippen molar-refractivity contribution in [1.29, 1.82) is 0 Å². The lowest BCUT2D eigenvalue weighted by atomic mass is 10.2. The van der Waals surface area contributed by atoms with Gasteiger partial charge in [-0.3, -0.25) is 0 Å². The van der Waals surface area contributed by atoms with Crippen LogP contribution in [0.5, 0.6) is 0 Å². The van der Waals surface area contributed by atoms with Gasteiger partial charge in [-0.25, -0.2) is 4.39 Å². The third-order valence-electron chi connectivity index (χ3n) is 2.15. The quantitative estimate of drug-likeness (QED) is 0.852. The minimum atomic E-state index is -0.374. The van der Waals surface area contributed by atoms with Crippen LogP contribution in [0, 0.1) is 12.7 Å². The summed E-state index contributed by atoms with van der Waals surface area (Å²) in [6.45, 7) is 3.53. The number of alkyl halides is 1. The molecule has 0 bridgehead atoms. The van der Waals surface area contributed by atoms with E-state index >= 15 is 0 Å². The number of hydrogen-bond donors (Lipinski definition) is 1. The van der Waals surface area contributed by atoms with E-state index in [0.29, 0.717) is 5.89 Å². The number of rotatable bonds is 3. The Bertz CT molecular complexity index is 527. The SMILES string of the molecule is Cc1ccc(Nc2nnc(C(C)Cl)o2)c(F)c1. The van der Waals surface area contributed by atoms with Gasteiger partial charge in [0.1, 0.15) is 11.2 Å². The number of aromatic nitrogens is 2. The Morgan fingerprint density at radius 1 is 1.41 bits per heavy atom. The highest BCUT2D eigenvalue weighted by atomic mass is 35.5. The molecular formula is C11H11ClFN3O. The Hall–Kier alpha value is -1.62. The second kappa shape index (κ2) is 4.71. The molecule has 0 aliphatic rings. The topological polar surface area (TPSA) is 51.0 Å². The number of nitrogens with one attached hydrogen (secondary N) is 1. The molecule has 90 valence electrons. The van der Waals surface area contributed by atoms with Crippen molar-refractivity contribution in [3.63, 3.8) is 0 Å². The zero-order valence-corrected chi connectivity index (χ0v) is 10.1. The Labute approximate surface area is 103 Å². The predicted molar refractivity (Wildman–Crippen MR) is 63.0 cm³/mol. The highest BCUT2D eigenvalue weighted by molar-refractivity contribution is 6.20. The summed E-state index contributed by atoms with van der Waals surface area (Å²) in [4.78, 5) is 0. The van der Waals surface area contributed by atoms with E-state index in [2.05, 4.69) is 15.5 Å². The maximum absolute atomic E-state index is 13.5. The molecule has 1 atom stereocenters. The molecule has 1 aromatic heterocycles. The smallest absolute Gasteiger partial charge is 0.320 e. The molecular weight excluding hydrogens is 245 g/mol. The number of halogens is 2. The van der Waals surface area contributed by atoms with Gasteiger partial charge in [0, 0.05) is 0 Å². The summed E-state index contributed by atoms with van der Waals surface area (Å²) in [5.41, 5.74) is 1.13. The molecule has 0 aliphatic heterocycles. The average molecular weight is 256 g/mol. The molecule has 1 aromatic carbocycles. The van der Waals surface area contributed by atoms with Gasteiger partial charge in [0.15, 0.2) is 0 Å². The molecule has 0 saturated heterocycles. The van der Waals surface area contributed by atoms with Crippen LogP contribution in [0.25, 0.3) is 0 Å². The van der Waals surface area contributed by atoms with Crippen LogP contribution in [0.4, 0.5) is 16.1 Å². The minimum Gasteiger partial charge on any atom is -0.406 e. The number of nitrogens with zero attached hydrogens (tertiary/aromatic N) is 2. The summed E-state index contributed by atoms with van der Waals surface area (Å²) in [6.07, 6.45) is 0. The molecule has 0 aliphatic carbocycles. The summed E-state index contributed by atoms with van der Waals surface area (Å²) < 4.78 is 18.7. The molecule has 2 aromatic rings. The first-order chi connectivity index (χ1) is 8.06. The second-order valence-electron chi connectivity index (χ2n) is 3.67. The fourth-order valence-electron chi connectivity index (χ4n) is 1.28. The molecule has 1 N–H and O–H groups in total. The van der Waals surface area contributed by atoms with E-state index in [0.717, 1.165) is 5.56 Å². The first-order valence-electron chi connectivity index (χ1n) is 5.07. The summed E-state index contributed by atoms with van der Waals surface area (Å²) in [5, 5.41) is 9.77. The van der Waals surface area contributed by atoms with Crippen molar-refractivity contribution in [1.82, 2.24) is 10.2 Å². The number of anilines is 2. The third kappa shape index (κ3) is 2.74. The van der Waals surface area contributed by atoms with Crippen LogP contribution in [-0.4, -0.2) is 10.2 Å². The van der Waals surface area contributed by atoms with Crippen LogP contribution in [-0.2, 0) is 0 Å². The zero-order valence-electron chi connectivity index (χ0n) is 9.37. The van der Waals surface area contributed by atoms with Crippen LogP contribution in [0.1, 0.15) is 23.8 Å². The molecule has 1 heterocycles. The zero-order chi connectivity index (χ0) is 12.4. The van der Waals surface area contributed by atoms with Gasteiger partial charge in [-0.1, -0.05) is 11.2 Å². The number of hydrogen-bond acceptors (Lipinski definition) is 4. The van der Waals surface area contributed by atoms with E-state index < -0.39 is 0 Å². The van der Waals surface area contributed by atoms with E-state index in [9.17, 15) is 4.39 Å². The van der Waals surface area contributed by atoms with Crippen molar-refractivity contribution in [2.75, 3.05) is 5.32 Å². The molecule has 0 radical (unpaired) electrons. The van der Waals surface area contributed by atoms with Crippen LogP contribution in [0.3, 0.4) is 0 Å². The van der Waals surface area contributed by atoms with Crippen LogP contribution in [0.15, 0.2) is 22.6 Å². The van der Waals surface area contributed by atoms with E-state index in [4.69, 9.17) is 16.0 Å². The average Bonchev–Trinajstić information content (AvgIpc) is 2.71. The van der Waals surface area contributed by atoms with Crippen molar-refractivity contribution < 1.29 is 8.81 Å². The molecule has 4 nitrogen and oxygen atoms in total. The largest absolute Gasteiger partial charge is 0.406 e. The molecule has 0 amide bonds. The van der Waals surface area contributed by atoms with Crippen molar-refractivity contribution in [3.8, 4) is 0 Å². The Morgan fingerprint density at radius 2 is 2.18 bits per heavy atom. The fourth-order valence-corrected chi connectivity index (χ4v) is 1.37. The Morgan fingerprint density at radius 3 is 2.76 bits per heavy atom. The first-order valence-corrected chi connectivity index (χ1v) is 5.50. The van der Waals surface area contributed by atoms with Gasteiger partial charge in [-0.15, -0.1) is 16.7 Å². The van der Waals surface area contributed by atoms with Crippen molar-refractivity contribution in [2.45, 2.75) is 19.2 Å². The van der Waals surface area contributed by atoms with E-state index in [-0.39, 0.29) is 22.9 Å². The summed E-state index contributed by atoms with van der Waals surface area (Å²) in [7, 11) is 0. The molecule has 2 rings (SSSR count). The number of aryl methyl sites for hydroxylation is 1. The summed E-state index contributed by atoms with van der Waals surface area (Å²) in [5.74, 6) is -0.0784. The van der Waals surface area contributed by atoms with Crippen LogP contribution in [0.2, 0.25) is 0 Å². The van der Waals surface area contributed by atoms with Gasteiger partial charge in [-0.05, 0) is 31.5 Å². The minimum absolute atomic E-state index is 0.121. The lowest BCUT2D eigenvalue weighted by molar-refractivity contribution is 0.509. The van der Waals surface area contributed by atoms with Crippen LogP contribution < -0.4 is 5.32 Å². The van der Waals surface area contributed by atoms with Crippen molar-refractivity contribution in [2.24, 2.45) is 0 Å². The number of benzene rings is 1. The van der Waals surface area contributed by atoms with Gasteiger partial charge >= 0.3 is 6.01 Å². The van der Waals surface area contributed by atoms with Gasteiger partial charge in [0.2, 0.25) is 5.89 Å². The van der Waals surface area contributed by atoms with Gasteiger partial charge in [0.05, 0.1) is 5.69 Å². The lowest BCUT2D eigenvalue weighted by Crippen LogP contribution is -1.94. The maximum atomic E-state index is 13.5. The molecule has 0 saturated carbocycles. The first kappa shape index (κ1) is 11.9. The van der Waals surface area contributed by atoms with Gasteiger partial charge in [0.25, 0.3) is 0 Å². The van der Waals surface area contributed by atoms with E-state index in [1.165, 1.54) is 6.07 Å². The molecule has 17 heavy (non-hydrogen) atoms. The Balaban J connectivity index is 2.19. The Kier molecular flexibility index (Phi) is 3.28. The fraction of sp³-hybridized carbons (Fsp3) is 0.273. The predicted octanol–water partition coefficient (Wildman–Crippen LogP) is 3.56. The van der Waals surface area contributed by atoms with Crippen molar-refractivity contribution in [3.05, 3.63) is 35.5 Å². The second-order valence-corrected chi connectivity index (χ2v) is 4.32. The van der Waals surface area contributed by atoms with E-state index in [1.54, 1.807) is 19.1 Å². The highest BCUT2D eigenvalue weighted by Crippen LogP contribution is 2.23. The third-order valence-corrected chi connectivity index (χ3v) is 2.33. The lowest BCUT2D eigenvalue weighted by Gasteiger charge is -2.03. The maximum Gasteiger partial charge on any atom is 0.320 e. The van der Waals surface area contributed by atoms with Crippen LogP contribution >= 0.6 is 11.6 Å². The van der Waals surface area contributed by atoms with Gasteiger partial charge in [-0.2, -0.15) is 0 Å². The molecule has 6 heteroatoms.